The number of hydrogen-bond acceptors (Lipinski definition) is 3. The lowest BCUT2D eigenvalue weighted by Crippen LogP contribution is -2.39. The molecule has 0 aliphatic rings. The highest BCUT2D eigenvalue weighted by Gasteiger charge is 2.34. The number of aliphatic carboxylic acids is 1. The summed E-state index contributed by atoms with van der Waals surface area (Å²) in [4.78, 5) is 11.5. The average molecular weight is 315 g/mol. The van der Waals surface area contributed by atoms with Gasteiger partial charge in [0.2, 0.25) is 0 Å². The van der Waals surface area contributed by atoms with E-state index in [9.17, 15) is 9.90 Å². The van der Waals surface area contributed by atoms with Crippen LogP contribution in [0.25, 0.3) is 0 Å². The zero-order chi connectivity index (χ0) is 16.7. The predicted octanol–water partition coefficient (Wildman–Crippen LogP) is 2.91. The highest BCUT2D eigenvalue weighted by molar-refractivity contribution is 5.74. The Morgan fingerprint density at radius 3 is 2.52 bits per heavy atom. The lowest BCUT2D eigenvalue weighted by atomic mass is 9.82. The summed E-state index contributed by atoms with van der Waals surface area (Å²) in [6, 6.07) is 10.2. The van der Waals surface area contributed by atoms with Crippen LogP contribution < -0.4 is 5.32 Å². The van der Waals surface area contributed by atoms with Gasteiger partial charge in [-0.15, -0.1) is 0 Å². The smallest absolute Gasteiger partial charge is 0.310 e. The van der Waals surface area contributed by atoms with E-state index in [0.29, 0.717) is 25.9 Å². The van der Waals surface area contributed by atoms with Gasteiger partial charge in [-0.1, -0.05) is 44.2 Å². The first kappa shape index (κ1) is 17.2. The maximum atomic E-state index is 11.5. The van der Waals surface area contributed by atoms with Gasteiger partial charge in [-0.05, 0) is 18.4 Å². The molecule has 2 aromatic rings. The van der Waals surface area contributed by atoms with Gasteiger partial charge >= 0.3 is 5.97 Å². The molecule has 1 aromatic heterocycles. The number of carboxylic acids is 1. The molecule has 0 aliphatic heterocycles. The fourth-order valence-corrected chi connectivity index (χ4v) is 2.68. The third-order valence-corrected chi connectivity index (χ3v) is 4.47. The topological polar surface area (TPSA) is 67.2 Å². The van der Waals surface area contributed by atoms with Gasteiger partial charge in [-0.3, -0.25) is 9.48 Å². The van der Waals surface area contributed by atoms with Crippen molar-refractivity contribution in [2.45, 2.75) is 39.8 Å². The summed E-state index contributed by atoms with van der Waals surface area (Å²) < 4.78 is 1.90. The number of carboxylic acid groups (broad SMARTS) is 1. The Hall–Kier alpha value is -2.14. The molecule has 0 fully saturated rings. The zero-order valence-corrected chi connectivity index (χ0v) is 13.8. The third-order valence-electron chi connectivity index (χ3n) is 4.47. The van der Waals surface area contributed by atoms with Gasteiger partial charge in [0.15, 0.2) is 0 Å². The Bertz CT molecular complexity index is 618. The van der Waals surface area contributed by atoms with Gasteiger partial charge in [-0.25, -0.2) is 0 Å². The van der Waals surface area contributed by atoms with Crippen LogP contribution in [-0.2, 0) is 17.9 Å². The summed E-state index contributed by atoms with van der Waals surface area (Å²) in [5.74, 6) is -0.727. The Kier molecular flexibility index (Phi) is 5.93. The summed E-state index contributed by atoms with van der Waals surface area (Å²) in [5.41, 5.74) is 1.59. The van der Waals surface area contributed by atoms with E-state index < -0.39 is 11.4 Å². The summed E-state index contributed by atoms with van der Waals surface area (Å²) in [5, 5.41) is 17.1. The van der Waals surface area contributed by atoms with Crippen molar-refractivity contribution < 1.29 is 9.90 Å². The minimum Gasteiger partial charge on any atom is -0.481 e. The molecule has 0 saturated carbocycles. The number of aromatic nitrogens is 2. The molecule has 0 spiro atoms. The monoisotopic (exact) mass is 315 g/mol. The average Bonchev–Trinajstić information content (AvgIpc) is 3.00. The minimum absolute atomic E-state index is 0.471. The Morgan fingerprint density at radius 2 is 1.91 bits per heavy atom. The van der Waals surface area contributed by atoms with E-state index in [2.05, 4.69) is 22.5 Å². The second-order valence-electron chi connectivity index (χ2n) is 5.93. The van der Waals surface area contributed by atoms with Crippen LogP contribution >= 0.6 is 0 Å². The fourth-order valence-electron chi connectivity index (χ4n) is 2.68. The SMILES string of the molecule is CCC(CC)(CNCc1cnn(Cc2ccccc2)c1)C(=O)O. The molecular formula is C18H25N3O2. The Balaban J connectivity index is 1.88. The molecule has 0 atom stereocenters. The maximum absolute atomic E-state index is 11.5. The number of nitrogens with one attached hydrogen (secondary N) is 1. The number of hydrogen-bond donors (Lipinski definition) is 2. The molecule has 1 heterocycles. The van der Waals surface area contributed by atoms with E-state index in [-0.39, 0.29) is 0 Å². The molecule has 23 heavy (non-hydrogen) atoms. The van der Waals surface area contributed by atoms with E-state index in [1.165, 1.54) is 5.56 Å². The molecule has 0 amide bonds. The van der Waals surface area contributed by atoms with Crippen molar-refractivity contribution in [3.63, 3.8) is 0 Å². The molecule has 5 heteroatoms. The van der Waals surface area contributed by atoms with Crippen molar-refractivity contribution in [1.29, 1.82) is 0 Å². The van der Waals surface area contributed by atoms with Gasteiger partial charge in [-0.2, -0.15) is 5.10 Å². The summed E-state index contributed by atoms with van der Waals surface area (Å²) in [6.07, 6.45) is 5.08. The van der Waals surface area contributed by atoms with Gasteiger partial charge in [0.1, 0.15) is 0 Å². The lowest BCUT2D eigenvalue weighted by Gasteiger charge is -2.26. The number of rotatable bonds is 9. The molecule has 124 valence electrons. The van der Waals surface area contributed by atoms with Gasteiger partial charge in [0.25, 0.3) is 0 Å². The van der Waals surface area contributed by atoms with Crippen LogP contribution in [0.3, 0.4) is 0 Å². The standard InChI is InChI=1S/C18H25N3O2/c1-3-18(4-2,17(22)23)14-19-10-16-11-20-21(13-16)12-15-8-6-5-7-9-15/h5-9,11,13,19H,3-4,10,12,14H2,1-2H3,(H,22,23). The third kappa shape index (κ3) is 4.42. The van der Waals surface area contributed by atoms with E-state index in [1.807, 2.05) is 49.1 Å². The molecule has 0 bridgehead atoms. The van der Waals surface area contributed by atoms with E-state index in [0.717, 1.165) is 12.1 Å². The Morgan fingerprint density at radius 1 is 1.22 bits per heavy atom. The largest absolute Gasteiger partial charge is 0.481 e. The predicted molar refractivity (Wildman–Crippen MR) is 90.1 cm³/mol. The first-order valence-electron chi connectivity index (χ1n) is 8.09. The maximum Gasteiger partial charge on any atom is 0.310 e. The normalized spacial score (nSPS) is 11.6. The molecule has 1 aromatic carbocycles. The van der Waals surface area contributed by atoms with Gasteiger partial charge in [0.05, 0.1) is 18.2 Å². The highest BCUT2D eigenvalue weighted by atomic mass is 16.4. The van der Waals surface area contributed by atoms with Crippen molar-refractivity contribution in [3.8, 4) is 0 Å². The minimum atomic E-state index is -0.727. The number of benzene rings is 1. The molecule has 0 radical (unpaired) electrons. The Labute approximate surface area is 137 Å². The molecule has 0 saturated heterocycles. The molecule has 2 N–H and O–H groups in total. The van der Waals surface area contributed by atoms with Crippen molar-refractivity contribution in [2.24, 2.45) is 5.41 Å². The summed E-state index contributed by atoms with van der Waals surface area (Å²) >= 11 is 0. The molecule has 0 unspecified atom stereocenters. The summed E-state index contributed by atoms with van der Waals surface area (Å²) in [7, 11) is 0. The van der Waals surface area contributed by atoms with Gasteiger partial charge < -0.3 is 10.4 Å². The number of carbonyl (C=O) groups is 1. The van der Waals surface area contributed by atoms with Crippen LogP contribution in [0.5, 0.6) is 0 Å². The van der Waals surface area contributed by atoms with E-state index in [1.54, 1.807) is 0 Å². The quantitative estimate of drug-likeness (QED) is 0.746. The van der Waals surface area contributed by atoms with Crippen molar-refractivity contribution in [3.05, 3.63) is 53.9 Å². The first-order valence-corrected chi connectivity index (χ1v) is 8.09. The first-order chi connectivity index (χ1) is 11.1. The number of nitrogens with zero attached hydrogens (tertiary/aromatic N) is 2. The van der Waals surface area contributed by atoms with Crippen molar-refractivity contribution in [1.82, 2.24) is 15.1 Å². The summed E-state index contributed by atoms with van der Waals surface area (Å²) in [6.45, 7) is 5.70. The van der Waals surface area contributed by atoms with Crippen LogP contribution in [0.1, 0.15) is 37.8 Å². The lowest BCUT2D eigenvalue weighted by molar-refractivity contribution is -0.149. The molecule has 0 aliphatic carbocycles. The van der Waals surface area contributed by atoms with Crippen molar-refractivity contribution in [2.75, 3.05) is 6.54 Å². The van der Waals surface area contributed by atoms with E-state index >= 15 is 0 Å². The molecule has 5 nitrogen and oxygen atoms in total. The zero-order valence-electron chi connectivity index (χ0n) is 13.8. The fraction of sp³-hybridized carbons (Fsp3) is 0.444. The van der Waals surface area contributed by atoms with Crippen LogP contribution in [0.15, 0.2) is 42.7 Å². The van der Waals surface area contributed by atoms with E-state index in [4.69, 9.17) is 0 Å². The second kappa shape index (κ2) is 7.92. The van der Waals surface area contributed by atoms with Gasteiger partial charge in [0, 0.05) is 24.8 Å². The van der Waals surface area contributed by atoms with Crippen LogP contribution in [-0.4, -0.2) is 27.4 Å². The van der Waals surface area contributed by atoms with Crippen LogP contribution in [0.4, 0.5) is 0 Å². The molecule has 2 rings (SSSR count). The van der Waals surface area contributed by atoms with Crippen molar-refractivity contribution >= 4 is 5.97 Å². The highest BCUT2D eigenvalue weighted by Crippen LogP contribution is 2.25. The van der Waals surface area contributed by atoms with Crippen LogP contribution in [0.2, 0.25) is 0 Å². The van der Waals surface area contributed by atoms with Crippen LogP contribution in [0, 0.1) is 5.41 Å². The molecular weight excluding hydrogens is 290 g/mol. The second-order valence-corrected chi connectivity index (χ2v) is 5.93.